The molecule has 0 saturated carbocycles. The first-order valence-corrected chi connectivity index (χ1v) is 13.4. The number of ether oxygens (including phenoxy) is 1. The predicted molar refractivity (Wildman–Crippen MR) is 137 cm³/mol. The summed E-state index contributed by atoms with van der Waals surface area (Å²) in [5, 5.41) is 9.26. The van der Waals surface area contributed by atoms with E-state index in [9.17, 15) is 31.5 Å². The number of halogens is 3. The molecule has 13 heteroatoms. The van der Waals surface area contributed by atoms with Gasteiger partial charge in [0.05, 0.1) is 17.9 Å². The molecule has 2 aromatic carbocycles. The molecular formula is C26H30F3N3O6S. The van der Waals surface area contributed by atoms with Gasteiger partial charge in [0.1, 0.15) is 23.9 Å². The van der Waals surface area contributed by atoms with Gasteiger partial charge >= 0.3 is 5.97 Å². The number of hydrogen-bond donors (Lipinski definition) is 1. The Morgan fingerprint density at radius 2 is 1.85 bits per heavy atom. The Balaban J connectivity index is 1.71. The Morgan fingerprint density at radius 1 is 1.15 bits per heavy atom. The molecule has 0 aliphatic carbocycles. The molecule has 0 amide bonds. The van der Waals surface area contributed by atoms with Crippen molar-refractivity contribution in [2.75, 3.05) is 20.2 Å². The topological polar surface area (TPSA) is 113 Å². The minimum Gasteiger partial charge on any atom is -0.493 e. The highest BCUT2D eigenvalue weighted by Gasteiger charge is 2.30. The summed E-state index contributed by atoms with van der Waals surface area (Å²) in [5.74, 6) is -4.31. The third-order valence-corrected chi connectivity index (χ3v) is 8.17. The van der Waals surface area contributed by atoms with Crippen molar-refractivity contribution >= 4 is 16.2 Å². The summed E-state index contributed by atoms with van der Waals surface area (Å²) in [5.41, 5.74) is 0.0410. The molecule has 0 bridgehead atoms. The largest absolute Gasteiger partial charge is 0.493 e. The lowest BCUT2D eigenvalue weighted by Crippen LogP contribution is -2.46. The van der Waals surface area contributed by atoms with Crippen LogP contribution in [0, 0.1) is 31.3 Å². The summed E-state index contributed by atoms with van der Waals surface area (Å²) in [4.78, 5) is 15.5. The van der Waals surface area contributed by atoms with Gasteiger partial charge in [-0.3, -0.25) is 4.79 Å². The van der Waals surface area contributed by atoms with E-state index in [0.717, 1.165) is 21.6 Å². The van der Waals surface area contributed by atoms with Crippen LogP contribution in [0.4, 0.5) is 13.2 Å². The number of carbonyl (C=O) groups is 1. The van der Waals surface area contributed by atoms with Crippen molar-refractivity contribution in [1.29, 1.82) is 0 Å². The van der Waals surface area contributed by atoms with Crippen molar-refractivity contribution in [3.63, 3.8) is 0 Å². The second-order valence-corrected chi connectivity index (χ2v) is 11.2. The third kappa shape index (κ3) is 6.97. The fourth-order valence-corrected chi connectivity index (χ4v) is 5.12. The van der Waals surface area contributed by atoms with Gasteiger partial charge in [0.2, 0.25) is 5.89 Å². The molecule has 0 saturated heterocycles. The van der Waals surface area contributed by atoms with Gasteiger partial charge < -0.3 is 14.3 Å². The number of aromatic nitrogens is 1. The van der Waals surface area contributed by atoms with E-state index in [1.807, 2.05) is 0 Å². The van der Waals surface area contributed by atoms with Crippen molar-refractivity contribution in [1.82, 2.24) is 13.6 Å². The molecule has 0 unspecified atom stereocenters. The van der Waals surface area contributed by atoms with Crippen LogP contribution in [0.5, 0.6) is 5.75 Å². The number of hydrogen-bond acceptors (Lipinski definition) is 6. The average Bonchev–Trinajstić information content (AvgIpc) is 3.23. The van der Waals surface area contributed by atoms with Crippen LogP contribution in [-0.4, -0.2) is 59.3 Å². The molecule has 0 atom stereocenters. The fraction of sp³-hybridized carbons (Fsp3) is 0.385. The number of oxazole rings is 1. The summed E-state index contributed by atoms with van der Waals surface area (Å²) in [6, 6.07) is 6.99. The molecule has 3 rings (SSSR count). The number of benzene rings is 2. The van der Waals surface area contributed by atoms with Crippen LogP contribution in [-0.2, 0) is 28.0 Å². The van der Waals surface area contributed by atoms with Crippen LogP contribution >= 0.6 is 0 Å². The maximum absolute atomic E-state index is 14.4. The van der Waals surface area contributed by atoms with Crippen molar-refractivity contribution in [3.05, 3.63) is 70.4 Å². The van der Waals surface area contributed by atoms with Crippen LogP contribution in [0.1, 0.15) is 36.4 Å². The van der Waals surface area contributed by atoms with Crippen LogP contribution in [0.15, 0.2) is 34.7 Å². The zero-order valence-electron chi connectivity index (χ0n) is 22.2. The fourth-order valence-electron chi connectivity index (χ4n) is 3.64. The van der Waals surface area contributed by atoms with E-state index < -0.39 is 51.3 Å². The molecule has 1 heterocycles. The zero-order chi connectivity index (χ0) is 29.1. The van der Waals surface area contributed by atoms with E-state index in [2.05, 4.69) is 4.98 Å². The number of carboxylic acid groups (broad SMARTS) is 1. The summed E-state index contributed by atoms with van der Waals surface area (Å²) < 4.78 is 81.3. The molecule has 3 aromatic rings. The standard InChI is InChI=1S/C26H30F3N3O6S/c1-15(2)31(5)39(35,36)32(14-23(33)34)13-18-7-6-8-19(11-18)37-10-9-22-17(4)38-26(30-22)20-12-21(27)16(3)24(28)25(20)29/h6-8,11-12,15H,9-10,13-14H2,1-5H3,(H,33,34). The smallest absolute Gasteiger partial charge is 0.318 e. The summed E-state index contributed by atoms with van der Waals surface area (Å²) in [6.45, 7) is 5.26. The average molecular weight is 570 g/mol. The van der Waals surface area contributed by atoms with Gasteiger partial charge in [-0.1, -0.05) is 12.1 Å². The van der Waals surface area contributed by atoms with Crippen molar-refractivity contribution in [2.45, 2.75) is 46.7 Å². The summed E-state index contributed by atoms with van der Waals surface area (Å²) >= 11 is 0. The molecule has 39 heavy (non-hydrogen) atoms. The lowest BCUT2D eigenvalue weighted by Gasteiger charge is -2.28. The van der Waals surface area contributed by atoms with Crippen molar-refractivity contribution < 1.29 is 40.6 Å². The Morgan fingerprint density at radius 3 is 2.49 bits per heavy atom. The molecule has 0 aliphatic rings. The lowest BCUT2D eigenvalue weighted by atomic mass is 10.1. The van der Waals surface area contributed by atoms with E-state index in [4.69, 9.17) is 9.15 Å². The molecule has 0 radical (unpaired) electrons. The first kappa shape index (κ1) is 30.1. The van der Waals surface area contributed by atoms with Crippen LogP contribution in [0.3, 0.4) is 0 Å². The first-order chi connectivity index (χ1) is 18.2. The van der Waals surface area contributed by atoms with Crippen LogP contribution in [0.25, 0.3) is 11.5 Å². The highest BCUT2D eigenvalue weighted by molar-refractivity contribution is 7.86. The number of carboxylic acids is 1. The Kier molecular flexibility index (Phi) is 9.41. The van der Waals surface area contributed by atoms with Crippen molar-refractivity contribution in [2.24, 2.45) is 0 Å². The molecule has 0 spiro atoms. The van der Waals surface area contributed by atoms with E-state index in [0.29, 0.717) is 22.8 Å². The van der Waals surface area contributed by atoms with E-state index >= 15 is 0 Å². The van der Waals surface area contributed by atoms with Gasteiger partial charge in [0, 0.05) is 31.6 Å². The molecule has 0 aliphatic heterocycles. The highest BCUT2D eigenvalue weighted by atomic mass is 32.2. The molecule has 0 fully saturated rings. The number of aliphatic carboxylic acids is 1. The zero-order valence-corrected chi connectivity index (χ0v) is 23.0. The van der Waals surface area contributed by atoms with Gasteiger partial charge in [-0.25, -0.2) is 18.2 Å². The SMILES string of the molecule is Cc1oc(-c2cc(F)c(C)c(F)c2F)nc1CCOc1cccc(CN(CC(=O)O)S(=O)(=O)N(C)C(C)C)c1. The molecule has 1 aromatic heterocycles. The minimum absolute atomic E-state index is 0.0998. The second kappa shape index (κ2) is 12.2. The monoisotopic (exact) mass is 569 g/mol. The van der Waals surface area contributed by atoms with Gasteiger partial charge in [-0.2, -0.15) is 17.0 Å². The number of rotatable bonds is 12. The molecular weight excluding hydrogens is 539 g/mol. The summed E-state index contributed by atoms with van der Waals surface area (Å²) in [6.07, 6.45) is 0.219. The number of aryl methyl sites for hydroxylation is 1. The van der Waals surface area contributed by atoms with Crippen LogP contribution < -0.4 is 4.74 Å². The van der Waals surface area contributed by atoms with Gasteiger partial charge in [-0.05, 0) is 51.5 Å². The predicted octanol–water partition coefficient (Wildman–Crippen LogP) is 4.47. The van der Waals surface area contributed by atoms with Gasteiger partial charge in [0.25, 0.3) is 10.2 Å². The minimum atomic E-state index is -4.04. The Labute approximate surface area is 225 Å². The van der Waals surface area contributed by atoms with Gasteiger partial charge in [-0.15, -0.1) is 0 Å². The quantitative estimate of drug-likeness (QED) is 0.320. The Hall–Kier alpha value is -3.42. The number of nitrogens with zero attached hydrogens (tertiary/aromatic N) is 3. The second-order valence-electron chi connectivity index (χ2n) is 9.21. The molecule has 1 N–H and O–H groups in total. The normalized spacial score (nSPS) is 12.1. The Bertz CT molecular complexity index is 1460. The highest BCUT2D eigenvalue weighted by Crippen LogP contribution is 2.29. The van der Waals surface area contributed by atoms with E-state index in [1.54, 1.807) is 45.0 Å². The maximum Gasteiger partial charge on any atom is 0.318 e. The first-order valence-electron chi connectivity index (χ1n) is 12.0. The molecule has 9 nitrogen and oxygen atoms in total. The summed E-state index contributed by atoms with van der Waals surface area (Å²) in [7, 11) is -2.66. The van der Waals surface area contributed by atoms with E-state index in [1.165, 1.54) is 7.05 Å². The maximum atomic E-state index is 14.4. The van der Waals surface area contributed by atoms with Crippen molar-refractivity contribution in [3.8, 4) is 17.2 Å². The molecule has 212 valence electrons. The van der Waals surface area contributed by atoms with Gasteiger partial charge in [0.15, 0.2) is 11.6 Å². The lowest BCUT2D eigenvalue weighted by molar-refractivity contribution is -0.137. The van der Waals surface area contributed by atoms with Crippen LogP contribution in [0.2, 0.25) is 0 Å². The third-order valence-electron chi connectivity index (χ3n) is 6.10. The van der Waals surface area contributed by atoms with E-state index in [-0.39, 0.29) is 31.5 Å².